The number of rotatable bonds is 3. The van der Waals surface area contributed by atoms with E-state index >= 15 is 0 Å². The summed E-state index contributed by atoms with van der Waals surface area (Å²) in [5.41, 5.74) is 0. The van der Waals surface area contributed by atoms with E-state index in [0.717, 1.165) is 25.7 Å². The summed E-state index contributed by atoms with van der Waals surface area (Å²) in [5, 5.41) is 25.3. The van der Waals surface area contributed by atoms with Gasteiger partial charge in [-0.15, -0.1) is 0 Å². The molecule has 1 saturated carbocycles. The largest absolute Gasteiger partial charge is 0.304 e. The van der Waals surface area contributed by atoms with E-state index in [1.54, 1.807) is 0 Å². The van der Waals surface area contributed by atoms with Crippen LogP contribution in [0.15, 0.2) is 0 Å². The van der Waals surface area contributed by atoms with Crippen LogP contribution >= 0.6 is 0 Å². The summed E-state index contributed by atoms with van der Waals surface area (Å²) in [5.74, 6) is 0. The molecule has 1 N–H and O–H groups in total. The van der Waals surface area contributed by atoms with Crippen molar-refractivity contribution in [3.63, 3.8) is 0 Å². The first-order chi connectivity index (χ1) is 10.6. The minimum Gasteiger partial charge on any atom is -0.304 e. The third-order valence-corrected chi connectivity index (χ3v) is 4.84. The topological polar surface area (TPSA) is 102 Å². The number of nitrogens with zero attached hydrogens (tertiary/aromatic N) is 3. The van der Waals surface area contributed by atoms with Gasteiger partial charge in [-0.1, -0.05) is 32.1 Å². The second-order valence-corrected chi connectivity index (χ2v) is 6.49. The first-order valence-electron chi connectivity index (χ1n) is 8.29. The molecule has 126 valence electrons. The van der Waals surface area contributed by atoms with E-state index in [2.05, 4.69) is 5.32 Å². The van der Waals surface area contributed by atoms with Crippen molar-refractivity contribution < 1.29 is 9.85 Å². The number of nitrogens with one attached hydrogen (secondary N) is 1. The molecule has 1 aliphatic heterocycles. The van der Waals surface area contributed by atoms with Crippen LogP contribution < -0.4 is 5.32 Å². The molecule has 2 aliphatic rings. The lowest BCUT2D eigenvalue weighted by atomic mass is 9.94. The van der Waals surface area contributed by atoms with Crippen molar-refractivity contribution in [1.29, 1.82) is 0 Å². The lowest BCUT2D eigenvalue weighted by molar-refractivity contribution is -0.534. The van der Waals surface area contributed by atoms with Crippen LogP contribution in [0, 0.1) is 20.2 Å². The van der Waals surface area contributed by atoms with Crippen molar-refractivity contribution in [2.24, 2.45) is 0 Å². The fourth-order valence-corrected chi connectivity index (χ4v) is 3.54. The molecule has 0 spiro atoms. The average molecular weight is 314 g/mol. The smallest absolute Gasteiger partial charge is 0.237 e. The predicted octanol–water partition coefficient (Wildman–Crippen LogP) is 1.30. The van der Waals surface area contributed by atoms with Gasteiger partial charge in [-0.2, -0.15) is 0 Å². The zero-order chi connectivity index (χ0) is 15.9. The maximum atomic E-state index is 11.2. The lowest BCUT2D eigenvalue weighted by Gasteiger charge is -2.35. The third-order valence-electron chi connectivity index (χ3n) is 4.84. The zero-order valence-corrected chi connectivity index (χ0v) is 13.0. The zero-order valence-electron chi connectivity index (χ0n) is 13.0. The molecule has 0 bridgehead atoms. The molecule has 22 heavy (non-hydrogen) atoms. The Bertz CT molecular complexity index is 361. The lowest BCUT2D eigenvalue weighted by Crippen LogP contribution is -2.55. The molecule has 0 radical (unpaired) electrons. The second-order valence-electron chi connectivity index (χ2n) is 6.49. The Morgan fingerprint density at radius 3 is 1.73 bits per heavy atom. The van der Waals surface area contributed by atoms with Gasteiger partial charge in [0.05, 0.1) is 26.2 Å². The van der Waals surface area contributed by atoms with E-state index in [4.69, 9.17) is 0 Å². The van der Waals surface area contributed by atoms with E-state index in [9.17, 15) is 20.2 Å². The Morgan fingerprint density at radius 2 is 1.27 bits per heavy atom. The van der Waals surface area contributed by atoms with Crippen LogP contribution in [0.2, 0.25) is 0 Å². The van der Waals surface area contributed by atoms with Gasteiger partial charge in [0.2, 0.25) is 12.1 Å². The highest BCUT2D eigenvalue weighted by atomic mass is 16.6. The third kappa shape index (κ3) is 4.88. The van der Waals surface area contributed by atoms with E-state index in [1.165, 1.54) is 19.3 Å². The summed E-state index contributed by atoms with van der Waals surface area (Å²) >= 11 is 0. The van der Waals surface area contributed by atoms with Crippen LogP contribution in [-0.2, 0) is 0 Å². The van der Waals surface area contributed by atoms with Crippen molar-refractivity contribution in [3.8, 4) is 0 Å². The Morgan fingerprint density at radius 1 is 0.818 bits per heavy atom. The first-order valence-corrected chi connectivity index (χ1v) is 8.29. The minimum absolute atomic E-state index is 0.209. The molecule has 2 rings (SSSR count). The van der Waals surface area contributed by atoms with Gasteiger partial charge >= 0.3 is 0 Å². The number of hydrogen-bond donors (Lipinski definition) is 1. The normalized spacial score (nSPS) is 29.8. The highest BCUT2D eigenvalue weighted by Gasteiger charge is 2.35. The summed E-state index contributed by atoms with van der Waals surface area (Å²) in [6.45, 7) is 1.05. The Kier molecular flexibility index (Phi) is 6.50. The van der Waals surface area contributed by atoms with Gasteiger partial charge in [-0.25, -0.2) is 0 Å². The Balaban J connectivity index is 2.08. The Labute approximate surface area is 130 Å². The van der Waals surface area contributed by atoms with Crippen molar-refractivity contribution >= 4 is 0 Å². The molecule has 8 nitrogen and oxygen atoms in total. The average Bonchev–Trinajstić information content (AvgIpc) is 2.38. The van der Waals surface area contributed by atoms with E-state index in [1.807, 2.05) is 4.90 Å². The van der Waals surface area contributed by atoms with Crippen LogP contribution in [-0.4, -0.2) is 59.1 Å². The van der Waals surface area contributed by atoms with E-state index < -0.39 is 12.1 Å². The summed E-state index contributed by atoms with van der Waals surface area (Å²) in [4.78, 5) is 23.9. The molecule has 0 aromatic rings. The van der Waals surface area contributed by atoms with Gasteiger partial charge in [0.15, 0.2) is 0 Å². The molecule has 0 aromatic carbocycles. The predicted molar refractivity (Wildman–Crippen MR) is 82.1 cm³/mol. The van der Waals surface area contributed by atoms with Crippen LogP contribution in [0.1, 0.15) is 44.9 Å². The van der Waals surface area contributed by atoms with Gasteiger partial charge in [0.1, 0.15) is 0 Å². The Hall–Kier alpha value is -1.28. The molecular formula is C14H26N4O4. The molecule has 2 unspecified atom stereocenters. The van der Waals surface area contributed by atoms with Gasteiger partial charge < -0.3 is 5.32 Å². The van der Waals surface area contributed by atoms with Gasteiger partial charge in [0, 0.05) is 15.9 Å². The highest BCUT2D eigenvalue weighted by Crippen LogP contribution is 2.22. The van der Waals surface area contributed by atoms with Gasteiger partial charge in [0.25, 0.3) is 0 Å². The highest BCUT2D eigenvalue weighted by molar-refractivity contribution is 4.82. The quantitative estimate of drug-likeness (QED) is 0.622. The summed E-state index contributed by atoms with van der Waals surface area (Å²) in [6, 6.07) is -1.11. The fourth-order valence-electron chi connectivity index (χ4n) is 3.54. The molecule has 1 saturated heterocycles. The molecule has 8 heteroatoms. The first kappa shape index (κ1) is 17.1. The summed E-state index contributed by atoms with van der Waals surface area (Å²) in [6.07, 6.45) is 7.89. The monoisotopic (exact) mass is 314 g/mol. The number of hydrogen-bond acceptors (Lipinski definition) is 6. The summed E-state index contributed by atoms with van der Waals surface area (Å²) in [7, 11) is 0. The van der Waals surface area contributed by atoms with Crippen molar-refractivity contribution in [3.05, 3.63) is 20.2 Å². The maximum absolute atomic E-state index is 11.2. The molecule has 1 heterocycles. The fraction of sp³-hybridized carbons (Fsp3) is 1.00. The molecule has 0 amide bonds. The molecule has 2 fully saturated rings. The van der Waals surface area contributed by atoms with Crippen molar-refractivity contribution in [1.82, 2.24) is 10.2 Å². The van der Waals surface area contributed by atoms with E-state index in [0.29, 0.717) is 13.1 Å². The molecule has 2 atom stereocenters. The maximum Gasteiger partial charge on any atom is 0.237 e. The van der Waals surface area contributed by atoms with Gasteiger partial charge in [-0.3, -0.25) is 25.1 Å². The summed E-state index contributed by atoms with van der Waals surface area (Å²) < 4.78 is 0. The molecular weight excluding hydrogens is 288 g/mol. The standard InChI is InChI=1S/C14H26N4O4/c19-17(20)13-8-15-9-14(18(21)22)11-16(10-13)12-6-4-2-1-3-5-7-12/h12-15H,1-11H2. The van der Waals surface area contributed by atoms with Crippen molar-refractivity contribution in [2.45, 2.75) is 63.1 Å². The SMILES string of the molecule is O=[N+]([O-])C1CNCC([N+](=O)[O-])CN(C2CCCCCCC2)C1. The number of nitro groups is 2. The van der Waals surface area contributed by atoms with Crippen LogP contribution in [0.3, 0.4) is 0 Å². The molecule has 0 aromatic heterocycles. The van der Waals surface area contributed by atoms with Crippen LogP contribution in [0.25, 0.3) is 0 Å². The minimum atomic E-state index is -0.682. The molecule has 1 aliphatic carbocycles. The van der Waals surface area contributed by atoms with Gasteiger partial charge in [-0.05, 0) is 12.8 Å². The second kappa shape index (κ2) is 8.38. The van der Waals surface area contributed by atoms with Crippen LogP contribution in [0.5, 0.6) is 0 Å². The van der Waals surface area contributed by atoms with E-state index in [-0.39, 0.29) is 29.0 Å². The van der Waals surface area contributed by atoms with Crippen LogP contribution in [0.4, 0.5) is 0 Å². The van der Waals surface area contributed by atoms with Crippen molar-refractivity contribution in [2.75, 3.05) is 26.2 Å².